The third-order valence-electron chi connectivity index (χ3n) is 3.62. The zero-order valence-corrected chi connectivity index (χ0v) is 9.95. The number of nitrogens with one attached hydrogen (secondary N) is 1. The predicted octanol–water partition coefficient (Wildman–Crippen LogP) is 0.659. The molecule has 0 aromatic carbocycles. The Bertz CT molecular complexity index is 323. The maximum atomic E-state index is 5.48. The molecule has 5 nitrogen and oxygen atoms in total. The minimum atomic E-state index is 0.414. The van der Waals surface area contributed by atoms with Gasteiger partial charge in [-0.05, 0) is 25.7 Å². The van der Waals surface area contributed by atoms with Gasteiger partial charge in [0.25, 0.3) is 0 Å². The van der Waals surface area contributed by atoms with E-state index < -0.39 is 0 Å². The van der Waals surface area contributed by atoms with Gasteiger partial charge in [0.15, 0.2) is 0 Å². The molecule has 0 atom stereocenters. The average molecular weight is 223 g/mol. The van der Waals surface area contributed by atoms with Gasteiger partial charge in [0.05, 0.1) is 12.2 Å². The molecule has 0 radical (unpaired) electrons. The van der Waals surface area contributed by atoms with Gasteiger partial charge in [-0.15, -0.1) is 5.10 Å². The minimum Gasteiger partial charge on any atom is -0.325 e. The molecular formula is C11H21N5. The van der Waals surface area contributed by atoms with Gasteiger partial charge < -0.3 is 11.1 Å². The first-order chi connectivity index (χ1) is 7.78. The van der Waals surface area contributed by atoms with Gasteiger partial charge in [0.2, 0.25) is 0 Å². The summed E-state index contributed by atoms with van der Waals surface area (Å²) < 4.78 is 1.86. The number of nitrogens with zero attached hydrogens (tertiary/aromatic N) is 3. The van der Waals surface area contributed by atoms with Crippen LogP contribution in [0.2, 0.25) is 0 Å². The predicted molar refractivity (Wildman–Crippen MR) is 62.8 cm³/mol. The number of rotatable bonds is 6. The lowest BCUT2D eigenvalue weighted by molar-refractivity contribution is 0.175. The summed E-state index contributed by atoms with van der Waals surface area (Å²) in [4.78, 5) is 0. The molecule has 0 unspecified atom stereocenters. The Hall–Kier alpha value is -0.940. The van der Waals surface area contributed by atoms with Gasteiger partial charge in [-0.3, -0.25) is 4.68 Å². The van der Waals surface area contributed by atoms with Crippen molar-refractivity contribution in [2.45, 2.75) is 51.2 Å². The van der Waals surface area contributed by atoms with Crippen molar-refractivity contribution >= 4 is 0 Å². The summed E-state index contributed by atoms with van der Waals surface area (Å²) in [5.41, 5.74) is 6.75. The van der Waals surface area contributed by atoms with E-state index in [1.54, 1.807) is 0 Å². The fraction of sp³-hybridized carbons (Fsp3) is 0.818. The van der Waals surface area contributed by atoms with E-state index in [4.69, 9.17) is 5.73 Å². The van der Waals surface area contributed by atoms with Crippen molar-refractivity contribution in [3.8, 4) is 0 Å². The Morgan fingerprint density at radius 1 is 1.56 bits per heavy atom. The lowest BCUT2D eigenvalue weighted by Crippen LogP contribution is -2.51. The fourth-order valence-corrected chi connectivity index (χ4v) is 2.24. The third-order valence-corrected chi connectivity index (χ3v) is 3.62. The lowest BCUT2D eigenvalue weighted by atomic mass is 9.75. The van der Waals surface area contributed by atoms with Crippen LogP contribution >= 0.6 is 0 Å². The van der Waals surface area contributed by atoms with E-state index in [1.165, 1.54) is 25.7 Å². The first kappa shape index (κ1) is 11.5. The first-order valence-electron chi connectivity index (χ1n) is 6.12. The topological polar surface area (TPSA) is 68.8 Å². The Morgan fingerprint density at radius 2 is 2.38 bits per heavy atom. The Labute approximate surface area is 96.4 Å². The number of aromatic nitrogens is 3. The molecular weight excluding hydrogens is 202 g/mol. The number of hydrogen-bond donors (Lipinski definition) is 2. The maximum absolute atomic E-state index is 5.48. The summed E-state index contributed by atoms with van der Waals surface area (Å²) >= 11 is 0. The van der Waals surface area contributed by atoms with Crippen molar-refractivity contribution < 1.29 is 0 Å². The van der Waals surface area contributed by atoms with Crippen LogP contribution in [0.1, 0.15) is 38.3 Å². The Morgan fingerprint density at radius 3 is 2.88 bits per heavy atom. The molecule has 1 aliphatic carbocycles. The molecule has 0 saturated heterocycles. The lowest BCUT2D eigenvalue weighted by Gasteiger charge is -2.42. The summed E-state index contributed by atoms with van der Waals surface area (Å²) in [5, 5.41) is 11.6. The highest BCUT2D eigenvalue weighted by atomic mass is 15.4. The van der Waals surface area contributed by atoms with Crippen LogP contribution < -0.4 is 11.1 Å². The summed E-state index contributed by atoms with van der Waals surface area (Å²) in [6, 6.07) is 0. The molecule has 0 bridgehead atoms. The van der Waals surface area contributed by atoms with E-state index in [1.807, 2.05) is 10.9 Å². The molecule has 1 aromatic heterocycles. The first-order valence-corrected chi connectivity index (χ1v) is 6.12. The minimum absolute atomic E-state index is 0.414. The van der Waals surface area contributed by atoms with Crippen LogP contribution in [0.5, 0.6) is 0 Å². The highest BCUT2D eigenvalue weighted by Gasteiger charge is 2.33. The van der Waals surface area contributed by atoms with E-state index in [9.17, 15) is 0 Å². The SMILES string of the molecule is CCC1(NCCn2cc(CN)nn2)CCC1. The van der Waals surface area contributed by atoms with Crippen molar-refractivity contribution in [2.24, 2.45) is 5.73 Å². The summed E-state index contributed by atoms with van der Waals surface area (Å²) in [6.07, 6.45) is 7.13. The van der Waals surface area contributed by atoms with Crippen LogP contribution in [0.4, 0.5) is 0 Å². The van der Waals surface area contributed by atoms with E-state index in [2.05, 4.69) is 22.6 Å². The van der Waals surface area contributed by atoms with Crippen LogP contribution in [-0.2, 0) is 13.1 Å². The molecule has 2 rings (SSSR count). The molecule has 90 valence electrons. The van der Waals surface area contributed by atoms with Gasteiger partial charge >= 0.3 is 0 Å². The molecule has 1 fully saturated rings. The van der Waals surface area contributed by atoms with Crippen LogP contribution in [-0.4, -0.2) is 27.1 Å². The Balaban J connectivity index is 1.75. The van der Waals surface area contributed by atoms with Crippen LogP contribution in [0, 0.1) is 0 Å². The molecule has 16 heavy (non-hydrogen) atoms. The van der Waals surface area contributed by atoms with Crippen molar-refractivity contribution in [1.29, 1.82) is 0 Å². The van der Waals surface area contributed by atoms with E-state index in [0.717, 1.165) is 18.8 Å². The number of nitrogens with two attached hydrogens (primary N) is 1. The number of hydrogen-bond acceptors (Lipinski definition) is 4. The summed E-state index contributed by atoms with van der Waals surface area (Å²) in [5.74, 6) is 0. The van der Waals surface area contributed by atoms with Gasteiger partial charge in [0, 0.05) is 24.8 Å². The van der Waals surface area contributed by atoms with Gasteiger partial charge in [-0.1, -0.05) is 12.1 Å². The second-order valence-electron chi connectivity index (χ2n) is 4.59. The second kappa shape index (κ2) is 4.93. The molecule has 0 aliphatic heterocycles. The third kappa shape index (κ3) is 2.41. The Kier molecular flexibility index (Phi) is 3.56. The molecule has 1 aliphatic rings. The molecule has 1 saturated carbocycles. The normalized spacial score (nSPS) is 18.4. The standard InChI is InChI=1S/C11H21N5/c1-2-11(4-3-5-11)13-6-7-16-9-10(8-12)14-15-16/h9,13H,2-8,12H2,1H3. The van der Waals surface area contributed by atoms with Crippen molar-refractivity contribution in [3.63, 3.8) is 0 Å². The summed E-state index contributed by atoms with van der Waals surface area (Å²) in [7, 11) is 0. The van der Waals surface area contributed by atoms with E-state index in [-0.39, 0.29) is 0 Å². The van der Waals surface area contributed by atoms with Gasteiger partial charge in [0.1, 0.15) is 0 Å². The molecule has 1 aromatic rings. The monoisotopic (exact) mass is 223 g/mol. The van der Waals surface area contributed by atoms with Gasteiger partial charge in [-0.2, -0.15) is 0 Å². The molecule has 1 heterocycles. The van der Waals surface area contributed by atoms with E-state index in [0.29, 0.717) is 12.1 Å². The maximum Gasteiger partial charge on any atom is 0.0962 e. The largest absolute Gasteiger partial charge is 0.325 e. The molecule has 3 N–H and O–H groups in total. The zero-order chi connectivity index (χ0) is 11.4. The second-order valence-corrected chi connectivity index (χ2v) is 4.59. The molecule has 0 amide bonds. The van der Waals surface area contributed by atoms with Crippen LogP contribution in [0.15, 0.2) is 6.20 Å². The van der Waals surface area contributed by atoms with E-state index >= 15 is 0 Å². The molecule has 0 spiro atoms. The molecule has 5 heteroatoms. The summed E-state index contributed by atoms with van der Waals surface area (Å²) in [6.45, 7) is 4.55. The quantitative estimate of drug-likeness (QED) is 0.743. The highest BCUT2D eigenvalue weighted by Crippen LogP contribution is 2.34. The van der Waals surface area contributed by atoms with Gasteiger partial charge in [-0.25, -0.2) is 0 Å². The van der Waals surface area contributed by atoms with Crippen LogP contribution in [0.25, 0.3) is 0 Å². The highest BCUT2D eigenvalue weighted by molar-refractivity contribution is 4.95. The van der Waals surface area contributed by atoms with Crippen molar-refractivity contribution in [1.82, 2.24) is 20.3 Å². The van der Waals surface area contributed by atoms with Crippen molar-refractivity contribution in [3.05, 3.63) is 11.9 Å². The fourth-order valence-electron chi connectivity index (χ4n) is 2.24. The van der Waals surface area contributed by atoms with Crippen LogP contribution in [0.3, 0.4) is 0 Å². The average Bonchev–Trinajstić information content (AvgIpc) is 2.70. The zero-order valence-electron chi connectivity index (χ0n) is 9.95. The van der Waals surface area contributed by atoms with Crippen molar-refractivity contribution in [2.75, 3.05) is 6.54 Å². The smallest absolute Gasteiger partial charge is 0.0962 e.